The van der Waals surface area contributed by atoms with Crippen molar-refractivity contribution in [1.82, 2.24) is 0 Å². The molecule has 0 heterocycles. The van der Waals surface area contributed by atoms with E-state index in [1.807, 2.05) is 6.92 Å². The van der Waals surface area contributed by atoms with Crippen molar-refractivity contribution in [1.29, 1.82) is 0 Å². The van der Waals surface area contributed by atoms with Gasteiger partial charge in [-0.25, -0.2) is 0 Å². The van der Waals surface area contributed by atoms with Crippen LogP contribution in [0.5, 0.6) is 0 Å². The summed E-state index contributed by atoms with van der Waals surface area (Å²) < 4.78 is 43.8. The summed E-state index contributed by atoms with van der Waals surface area (Å²) in [4.78, 5) is 0. The largest absolute Gasteiger partial charge is 0.503 e. The number of halogens is 3. The average Bonchev–Trinajstić information content (AvgIpc) is 1.94. The third kappa shape index (κ3) is 9.77. The van der Waals surface area contributed by atoms with E-state index in [0.717, 1.165) is 6.42 Å². The van der Waals surface area contributed by atoms with Crippen molar-refractivity contribution < 1.29 is 22.4 Å². The Labute approximate surface area is 70.1 Å². The second kappa shape index (κ2) is 6.31. The monoisotopic (exact) mass is 185 g/mol. The third-order valence-electron chi connectivity index (χ3n) is 1.03. The van der Waals surface area contributed by atoms with E-state index in [4.69, 9.17) is 4.74 Å². The average molecular weight is 185 g/mol. The molecule has 0 aromatic heterocycles. The van der Waals surface area contributed by atoms with E-state index in [2.05, 4.69) is 4.74 Å². The fraction of sp³-hybridized carbons (Fsp3) is 1.00. The van der Waals surface area contributed by atoms with E-state index < -0.39 is 13.5 Å². The van der Waals surface area contributed by atoms with Crippen LogP contribution in [0.25, 0.3) is 0 Å². The van der Waals surface area contributed by atoms with Crippen molar-refractivity contribution in [3.05, 3.63) is 0 Å². The molecule has 0 atom stereocenters. The molecule has 0 radical (unpaired) electrons. The minimum absolute atomic E-state index is 0.0151. The highest BCUT2D eigenvalue weighted by molar-refractivity contribution is 6.58. The molecule has 2 nitrogen and oxygen atoms in total. The van der Waals surface area contributed by atoms with Crippen LogP contribution in [0.1, 0.15) is 13.3 Å². The van der Waals surface area contributed by atoms with Crippen LogP contribution in [0.2, 0.25) is 0 Å². The molecule has 0 fully saturated rings. The van der Waals surface area contributed by atoms with Gasteiger partial charge in [-0.1, -0.05) is 6.92 Å². The molecule has 0 amide bonds. The summed E-state index contributed by atoms with van der Waals surface area (Å²) >= 11 is 0. The predicted molar refractivity (Wildman–Crippen MR) is 41.0 cm³/mol. The molecule has 0 bridgehead atoms. The van der Waals surface area contributed by atoms with Gasteiger partial charge in [0.1, 0.15) is 0 Å². The summed E-state index contributed by atoms with van der Waals surface area (Å²) in [7, 11) is 0. The number of rotatable bonds is 7. The van der Waals surface area contributed by atoms with E-state index >= 15 is 0 Å². The number of ether oxygens (including phenoxy) is 2. The van der Waals surface area contributed by atoms with E-state index in [-0.39, 0.29) is 13.2 Å². The van der Waals surface area contributed by atoms with Crippen molar-refractivity contribution in [2.45, 2.75) is 13.3 Å². The molecule has 0 saturated carbocycles. The smallest absolute Gasteiger partial charge is 0.447 e. The lowest BCUT2D eigenvalue weighted by atomic mass is 9.95. The molecule has 0 saturated heterocycles. The van der Waals surface area contributed by atoms with Crippen LogP contribution in [0.4, 0.5) is 12.9 Å². The Morgan fingerprint density at radius 2 is 1.58 bits per heavy atom. The molecule has 0 aliphatic heterocycles. The first-order valence-corrected chi connectivity index (χ1v) is 3.92. The summed E-state index contributed by atoms with van der Waals surface area (Å²) in [6.07, 6.45) is 0.864. The zero-order valence-corrected chi connectivity index (χ0v) is 7.06. The van der Waals surface area contributed by atoms with Gasteiger partial charge >= 0.3 is 6.98 Å². The van der Waals surface area contributed by atoms with Gasteiger partial charge in [0, 0.05) is 13.1 Å². The zero-order chi connectivity index (χ0) is 9.45. The second-order valence-corrected chi connectivity index (χ2v) is 2.40. The fourth-order valence-electron chi connectivity index (χ4n) is 0.581. The van der Waals surface area contributed by atoms with Gasteiger partial charge in [-0.2, -0.15) is 0 Å². The lowest BCUT2D eigenvalue weighted by Gasteiger charge is -2.13. The van der Waals surface area contributed by atoms with E-state index in [9.17, 15) is 12.9 Å². The van der Waals surface area contributed by atoms with Crippen molar-refractivity contribution >= 4 is 6.98 Å². The molecule has 0 aliphatic carbocycles. The van der Waals surface area contributed by atoms with Crippen molar-refractivity contribution in [3.8, 4) is 0 Å². The van der Waals surface area contributed by atoms with Gasteiger partial charge in [-0.05, 0) is 6.42 Å². The number of hydrogen-bond acceptors (Lipinski definition) is 2. The van der Waals surface area contributed by atoms with Gasteiger partial charge in [0.2, 0.25) is 0 Å². The molecule has 0 aromatic rings. The zero-order valence-electron chi connectivity index (χ0n) is 7.06. The lowest BCUT2D eigenvalue weighted by molar-refractivity contribution is 0.0563. The summed E-state index contributed by atoms with van der Waals surface area (Å²) in [6.45, 7) is -3.18. The Kier molecular flexibility index (Phi) is 6.19. The van der Waals surface area contributed by atoms with Crippen molar-refractivity contribution in [3.63, 3.8) is 0 Å². The standard InChI is InChI=1S/C6H13BF3O2/c1-2-3-11-4-5-12-6-7(8,9)10/h2-6H2,1H3/q-1. The molecule has 0 spiro atoms. The Morgan fingerprint density at radius 3 is 2.08 bits per heavy atom. The van der Waals surface area contributed by atoms with Gasteiger partial charge in [0.05, 0.1) is 13.2 Å². The highest BCUT2D eigenvalue weighted by atomic mass is 19.4. The van der Waals surface area contributed by atoms with Gasteiger partial charge in [-0.15, -0.1) is 0 Å². The predicted octanol–water partition coefficient (Wildman–Crippen LogP) is 1.82. The summed E-state index contributed by atoms with van der Waals surface area (Å²) in [5, 5.41) is 0. The van der Waals surface area contributed by atoms with Gasteiger partial charge in [0.25, 0.3) is 0 Å². The van der Waals surface area contributed by atoms with Crippen LogP contribution in [0, 0.1) is 0 Å². The molecule has 0 N–H and O–H groups in total. The number of hydrogen-bond donors (Lipinski definition) is 0. The maximum atomic E-state index is 11.5. The second-order valence-electron chi connectivity index (χ2n) is 2.40. The molecule has 0 unspecified atom stereocenters. The maximum Gasteiger partial charge on any atom is 0.503 e. The molecular formula is C6H13BF3O2-. The molecule has 12 heavy (non-hydrogen) atoms. The summed E-state index contributed by atoms with van der Waals surface area (Å²) in [5.74, 6) is 0. The Balaban J connectivity index is 3.01. The highest BCUT2D eigenvalue weighted by Gasteiger charge is 2.22. The van der Waals surface area contributed by atoms with Crippen LogP contribution in [0.3, 0.4) is 0 Å². The molecule has 6 heteroatoms. The minimum atomic E-state index is -4.80. The van der Waals surface area contributed by atoms with Crippen LogP contribution >= 0.6 is 0 Å². The molecule has 0 rings (SSSR count). The Hall–Kier alpha value is -0.225. The molecule has 0 aliphatic rings. The van der Waals surface area contributed by atoms with E-state index in [1.54, 1.807) is 0 Å². The maximum absolute atomic E-state index is 11.5. The quantitative estimate of drug-likeness (QED) is 0.444. The molecule has 0 aromatic carbocycles. The highest BCUT2D eigenvalue weighted by Crippen LogP contribution is 2.07. The summed E-state index contributed by atoms with van der Waals surface area (Å²) in [6, 6.07) is 0. The Bertz CT molecular complexity index is 107. The van der Waals surface area contributed by atoms with Crippen LogP contribution in [0.15, 0.2) is 0 Å². The topological polar surface area (TPSA) is 18.5 Å². The lowest BCUT2D eigenvalue weighted by Crippen LogP contribution is -2.25. The first-order chi connectivity index (χ1) is 5.56. The van der Waals surface area contributed by atoms with E-state index in [0.29, 0.717) is 6.61 Å². The van der Waals surface area contributed by atoms with E-state index in [1.165, 1.54) is 0 Å². The van der Waals surface area contributed by atoms with Crippen molar-refractivity contribution in [2.75, 3.05) is 26.3 Å². The van der Waals surface area contributed by atoms with Crippen LogP contribution < -0.4 is 0 Å². The molecular weight excluding hydrogens is 172 g/mol. The van der Waals surface area contributed by atoms with Crippen LogP contribution in [-0.4, -0.2) is 33.3 Å². The first-order valence-electron chi connectivity index (χ1n) is 3.92. The van der Waals surface area contributed by atoms with Crippen LogP contribution in [-0.2, 0) is 9.47 Å². The first kappa shape index (κ1) is 11.8. The summed E-state index contributed by atoms with van der Waals surface area (Å²) in [5.41, 5.74) is 0. The van der Waals surface area contributed by atoms with Crippen molar-refractivity contribution in [2.24, 2.45) is 0 Å². The Morgan fingerprint density at radius 1 is 1.00 bits per heavy atom. The van der Waals surface area contributed by atoms with Gasteiger partial charge in [-0.3, -0.25) is 0 Å². The minimum Gasteiger partial charge on any atom is -0.447 e. The molecule has 74 valence electrons. The van der Waals surface area contributed by atoms with Gasteiger partial charge in [0.15, 0.2) is 0 Å². The normalized spacial score (nSPS) is 12.0. The van der Waals surface area contributed by atoms with Gasteiger partial charge < -0.3 is 22.4 Å². The third-order valence-corrected chi connectivity index (χ3v) is 1.03. The fourth-order valence-corrected chi connectivity index (χ4v) is 0.581. The SMILES string of the molecule is CCCOCCOC[B-](F)(F)F.